The van der Waals surface area contributed by atoms with Gasteiger partial charge in [-0.3, -0.25) is 4.98 Å². The lowest BCUT2D eigenvalue weighted by Gasteiger charge is -2.32. The topological polar surface area (TPSA) is 16.1 Å². The van der Waals surface area contributed by atoms with Crippen LogP contribution in [0, 0.1) is 0 Å². The Labute approximate surface area is 175 Å². The molecule has 6 heteroatoms. The summed E-state index contributed by atoms with van der Waals surface area (Å²) >= 11 is 0. The van der Waals surface area contributed by atoms with Gasteiger partial charge in [0.05, 0.1) is 5.56 Å². The smallest absolute Gasteiger partial charge is 0.303 e. The van der Waals surface area contributed by atoms with Crippen molar-refractivity contribution in [3.8, 4) is 0 Å². The van der Waals surface area contributed by atoms with Crippen LogP contribution >= 0.6 is 12.4 Å². The molecule has 0 amide bonds. The first-order valence-electron chi connectivity index (χ1n) is 9.71. The summed E-state index contributed by atoms with van der Waals surface area (Å²) < 4.78 is 38.8. The Bertz CT molecular complexity index is 950. The summed E-state index contributed by atoms with van der Waals surface area (Å²) in [5.41, 5.74) is 1.58. The molecule has 3 aromatic rings. The highest BCUT2D eigenvalue weighted by molar-refractivity contribution is 5.85. The summed E-state index contributed by atoms with van der Waals surface area (Å²) in [5, 5.41) is 2.35. The average Bonchev–Trinajstić information content (AvgIpc) is 2.72. The van der Waals surface area contributed by atoms with Gasteiger partial charge in [-0.05, 0) is 66.9 Å². The van der Waals surface area contributed by atoms with Gasteiger partial charge in [-0.15, -0.1) is 12.4 Å². The van der Waals surface area contributed by atoms with Crippen molar-refractivity contribution in [2.45, 2.75) is 31.4 Å². The van der Waals surface area contributed by atoms with Crippen LogP contribution in [-0.4, -0.2) is 29.5 Å². The number of alkyl halides is 3. The van der Waals surface area contributed by atoms with E-state index in [4.69, 9.17) is 0 Å². The highest BCUT2D eigenvalue weighted by Gasteiger charge is 2.31. The summed E-state index contributed by atoms with van der Waals surface area (Å²) in [6.07, 6.45) is 2.21. The Morgan fingerprint density at radius 2 is 1.76 bits per heavy atom. The Balaban J connectivity index is 0.00000240. The summed E-state index contributed by atoms with van der Waals surface area (Å²) in [6.45, 7) is 2.84. The second-order valence-corrected chi connectivity index (χ2v) is 7.55. The number of benzene rings is 2. The minimum Gasteiger partial charge on any atom is -0.303 e. The van der Waals surface area contributed by atoms with Crippen LogP contribution in [0.15, 0.2) is 60.9 Å². The van der Waals surface area contributed by atoms with Crippen molar-refractivity contribution in [1.82, 2.24) is 9.88 Å². The third-order valence-electron chi connectivity index (χ3n) is 5.69. The first-order valence-corrected chi connectivity index (χ1v) is 9.71. The molecule has 0 N–H and O–H groups in total. The summed E-state index contributed by atoms with van der Waals surface area (Å²) in [4.78, 5) is 6.56. The largest absolute Gasteiger partial charge is 0.416 e. The van der Waals surface area contributed by atoms with Gasteiger partial charge < -0.3 is 4.90 Å². The van der Waals surface area contributed by atoms with E-state index >= 15 is 0 Å². The number of likely N-dealkylation sites (tertiary alicyclic amines) is 1. The quantitative estimate of drug-likeness (QED) is 0.507. The second-order valence-electron chi connectivity index (χ2n) is 7.55. The molecule has 2 aromatic carbocycles. The zero-order chi connectivity index (χ0) is 19.6. The molecule has 0 aliphatic carbocycles. The molecule has 0 bridgehead atoms. The zero-order valence-electron chi connectivity index (χ0n) is 16.0. The lowest BCUT2D eigenvalue weighted by atomic mass is 9.88. The Morgan fingerprint density at radius 3 is 2.52 bits per heavy atom. The molecule has 1 fully saturated rings. The van der Waals surface area contributed by atoms with Crippen LogP contribution in [-0.2, 0) is 12.6 Å². The normalized spacial score (nSPS) is 16.0. The molecule has 29 heavy (non-hydrogen) atoms. The minimum atomic E-state index is -4.27. The molecule has 0 atom stereocenters. The summed E-state index contributed by atoms with van der Waals surface area (Å²) in [6, 6.07) is 14.3. The van der Waals surface area contributed by atoms with E-state index in [1.54, 1.807) is 0 Å². The summed E-state index contributed by atoms with van der Waals surface area (Å²) in [5.74, 6) is 0.215. The number of hydrogen-bond acceptors (Lipinski definition) is 2. The number of nitrogens with zero attached hydrogens (tertiary/aromatic N) is 2. The predicted octanol–water partition coefficient (Wildman–Crippen LogP) is 6.10. The van der Waals surface area contributed by atoms with Gasteiger partial charge >= 0.3 is 6.18 Å². The van der Waals surface area contributed by atoms with Crippen molar-refractivity contribution >= 4 is 23.2 Å². The van der Waals surface area contributed by atoms with Crippen LogP contribution < -0.4 is 0 Å². The van der Waals surface area contributed by atoms with Crippen molar-refractivity contribution in [1.29, 1.82) is 0 Å². The SMILES string of the molecule is Cl.FC(F)(F)c1cccc(C2CCN(CCc3ccc4cnccc4c3)CC2)c1. The van der Waals surface area contributed by atoms with Gasteiger partial charge in [0, 0.05) is 24.3 Å². The maximum absolute atomic E-state index is 12.9. The highest BCUT2D eigenvalue weighted by atomic mass is 35.5. The fourth-order valence-electron chi connectivity index (χ4n) is 4.03. The maximum atomic E-state index is 12.9. The van der Waals surface area contributed by atoms with Gasteiger partial charge in [-0.2, -0.15) is 13.2 Å². The number of aromatic nitrogens is 1. The van der Waals surface area contributed by atoms with E-state index in [2.05, 4.69) is 28.1 Å². The van der Waals surface area contributed by atoms with Gasteiger partial charge in [0.15, 0.2) is 0 Å². The Hall–Kier alpha value is -2.11. The van der Waals surface area contributed by atoms with Gasteiger partial charge in [0.25, 0.3) is 0 Å². The first kappa shape index (κ1) is 21.6. The molecule has 2 heterocycles. The zero-order valence-corrected chi connectivity index (χ0v) is 16.8. The van der Waals surface area contributed by atoms with E-state index in [-0.39, 0.29) is 18.3 Å². The van der Waals surface area contributed by atoms with Crippen molar-refractivity contribution in [2.24, 2.45) is 0 Å². The van der Waals surface area contributed by atoms with E-state index in [0.29, 0.717) is 0 Å². The number of rotatable bonds is 4. The van der Waals surface area contributed by atoms with Crippen molar-refractivity contribution in [3.63, 3.8) is 0 Å². The van der Waals surface area contributed by atoms with Crippen LogP contribution in [0.4, 0.5) is 13.2 Å². The second kappa shape index (κ2) is 9.14. The van der Waals surface area contributed by atoms with E-state index in [1.807, 2.05) is 24.5 Å². The minimum absolute atomic E-state index is 0. The number of piperidine rings is 1. The molecule has 2 nitrogen and oxygen atoms in total. The number of fused-ring (bicyclic) bond motifs is 1. The van der Waals surface area contributed by atoms with Crippen LogP contribution in [0.1, 0.15) is 35.4 Å². The fourth-order valence-corrected chi connectivity index (χ4v) is 4.03. The van der Waals surface area contributed by atoms with Crippen LogP contribution in [0.3, 0.4) is 0 Å². The van der Waals surface area contributed by atoms with Crippen molar-refractivity contribution in [3.05, 3.63) is 77.6 Å². The highest BCUT2D eigenvalue weighted by Crippen LogP contribution is 2.34. The maximum Gasteiger partial charge on any atom is 0.416 e. The molecule has 4 rings (SSSR count). The monoisotopic (exact) mass is 420 g/mol. The number of halogens is 4. The molecule has 0 spiro atoms. The molecule has 0 radical (unpaired) electrons. The van der Waals surface area contributed by atoms with Gasteiger partial charge in [-0.1, -0.05) is 36.4 Å². The van der Waals surface area contributed by atoms with Crippen molar-refractivity contribution in [2.75, 3.05) is 19.6 Å². The fraction of sp³-hybridized carbons (Fsp3) is 0.348. The molecule has 1 aliphatic heterocycles. The molecule has 1 saturated heterocycles. The van der Waals surface area contributed by atoms with Gasteiger partial charge in [-0.25, -0.2) is 0 Å². The molecule has 154 valence electrons. The molecule has 1 aromatic heterocycles. The first-order chi connectivity index (χ1) is 13.5. The van der Waals surface area contributed by atoms with Gasteiger partial charge in [0.2, 0.25) is 0 Å². The molecule has 0 saturated carbocycles. The predicted molar refractivity (Wildman–Crippen MR) is 113 cm³/mol. The molecular formula is C23H24ClF3N2. The summed E-state index contributed by atoms with van der Waals surface area (Å²) in [7, 11) is 0. The molecule has 0 unspecified atom stereocenters. The Kier molecular flexibility index (Phi) is 6.81. The van der Waals surface area contributed by atoms with E-state index in [1.165, 1.54) is 23.1 Å². The Morgan fingerprint density at radius 1 is 0.966 bits per heavy atom. The molecular weight excluding hydrogens is 397 g/mol. The standard InChI is InChI=1S/C23H23F3N2.ClH/c24-23(25,26)22-3-1-2-19(15-22)18-8-12-28(13-9-18)11-7-17-4-5-21-16-27-10-6-20(21)14-17;/h1-6,10,14-16,18H,7-9,11-13H2;1H. The molecule has 1 aliphatic rings. The van der Waals surface area contributed by atoms with Crippen LogP contribution in [0.2, 0.25) is 0 Å². The number of pyridine rings is 1. The lowest BCUT2D eigenvalue weighted by Crippen LogP contribution is -2.34. The van der Waals surface area contributed by atoms with E-state index in [0.717, 1.165) is 55.9 Å². The van der Waals surface area contributed by atoms with Crippen molar-refractivity contribution < 1.29 is 13.2 Å². The third kappa shape index (κ3) is 5.28. The number of hydrogen-bond donors (Lipinski definition) is 0. The third-order valence-corrected chi connectivity index (χ3v) is 5.69. The van der Waals surface area contributed by atoms with Gasteiger partial charge in [0.1, 0.15) is 0 Å². The van der Waals surface area contributed by atoms with Crippen LogP contribution in [0.25, 0.3) is 10.8 Å². The average molecular weight is 421 g/mol. The lowest BCUT2D eigenvalue weighted by molar-refractivity contribution is -0.137. The van der Waals surface area contributed by atoms with E-state index < -0.39 is 11.7 Å². The van der Waals surface area contributed by atoms with E-state index in [9.17, 15) is 13.2 Å². The van der Waals surface area contributed by atoms with Crippen LogP contribution in [0.5, 0.6) is 0 Å².